The van der Waals surface area contributed by atoms with Crippen LogP contribution in [0.15, 0.2) is 0 Å². The maximum atomic E-state index is 11.5. The highest BCUT2D eigenvalue weighted by Crippen LogP contribution is 2.24. The van der Waals surface area contributed by atoms with E-state index in [0.717, 1.165) is 7.11 Å². The number of alkyl halides is 3. The molecule has 0 aromatic rings. The largest absolute Gasteiger partial charge is 0.495 e. The molecule has 0 aliphatic heterocycles. The zero-order valence-electron chi connectivity index (χ0n) is 5.85. The molecule has 0 aliphatic carbocycles. The summed E-state index contributed by atoms with van der Waals surface area (Å²) in [4.78, 5) is 17.3. The molecule has 0 saturated carbocycles. The van der Waals surface area contributed by atoms with Gasteiger partial charge in [-0.1, -0.05) is 0 Å². The summed E-state index contributed by atoms with van der Waals surface area (Å²) in [5, 5.41) is 0. The zero-order chi connectivity index (χ0) is 9.12. The van der Waals surface area contributed by atoms with Crippen LogP contribution in [-0.2, 0) is 4.43 Å². The highest BCUT2D eigenvalue weighted by molar-refractivity contribution is 6.57. The fourth-order valence-corrected chi connectivity index (χ4v) is 1.22. The molecule has 2 N–H and O–H groups in total. The molecule has 0 unspecified atom stereocenters. The average molecular weight is 190 g/mol. The van der Waals surface area contributed by atoms with Gasteiger partial charge in [0, 0.05) is 19.6 Å². The lowest BCUT2D eigenvalue weighted by atomic mass is 10.5. The minimum absolute atomic E-state index is 0.743. The fraction of sp³-hybridized carbons (Fsp3) is 1.00. The van der Waals surface area contributed by atoms with E-state index < -0.39 is 27.4 Å². The van der Waals surface area contributed by atoms with Gasteiger partial charge in [-0.2, -0.15) is 13.2 Å². The second-order valence-electron chi connectivity index (χ2n) is 2.06. The van der Waals surface area contributed by atoms with Gasteiger partial charge in [0.25, 0.3) is 0 Å². The van der Waals surface area contributed by atoms with Gasteiger partial charge >= 0.3 is 15.0 Å². The molecule has 0 bridgehead atoms. The van der Waals surface area contributed by atoms with E-state index in [1.54, 1.807) is 0 Å². The molecule has 0 atom stereocenters. The van der Waals surface area contributed by atoms with Gasteiger partial charge in [-0.25, -0.2) is 0 Å². The highest BCUT2D eigenvalue weighted by Gasteiger charge is 2.37. The quantitative estimate of drug-likeness (QED) is 0.637. The summed E-state index contributed by atoms with van der Waals surface area (Å²) >= 11 is 0. The van der Waals surface area contributed by atoms with Crippen molar-refractivity contribution < 1.29 is 27.2 Å². The molecular weight excluding hydrogens is 181 g/mol. The van der Waals surface area contributed by atoms with Crippen LogP contribution in [0.5, 0.6) is 0 Å². The molecule has 0 aliphatic rings. The molecule has 11 heavy (non-hydrogen) atoms. The molecule has 7 heteroatoms. The van der Waals surface area contributed by atoms with Gasteiger partial charge in [0.1, 0.15) is 0 Å². The SMILES string of the molecule is CO[Si](O)(O)CCC(F)(F)F. The Balaban J connectivity index is 3.70. The van der Waals surface area contributed by atoms with E-state index in [1.165, 1.54) is 0 Å². The summed E-state index contributed by atoms with van der Waals surface area (Å²) in [6.45, 7) is 0. The lowest BCUT2D eigenvalue weighted by Crippen LogP contribution is -2.38. The van der Waals surface area contributed by atoms with Gasteiger partial charge in [0.15, 0.2) is 0 Å². The van der Waals surface area contributed by atoms with Gasteiger partial charge in [0.05, 0.1) is 0 Å². The van der Waals surface area contributed by atoms with Gasteiger partial charge in [-0.15, -0.1) is 0 Å². The third kappa shape index (κ3) is 6.29. The molecule has 0 heterocycles. The van der Waals surface area contributed by atoms with Crippen LogP contribution in [0.4, 0.5) is 13.2 Å². The van der Waals surface area contributed by atoms with Crippen molar-refractivity contribution in [1.29, 1.82) is 0 Å². The minimum atomic E-state index is -4.36. The fourth-order valence-electron chi connectivity index (χ4n) is 0.407. The summed E-state index contributed by atoms with van der Waals surface area (Å²) in [7, 11) is -3.03. The number of hydrogen-bond acceptors (Lipinski definition) is 3. The third-order valence-electron chi connectivity index (χ3n) is 1.06. The number of rotatable bonds is 3. The maximum absolute atomic E-state index is 11.5. The van der Waals surface area contributed by atoms with Crippen molar-refractivity contribution in [3.8, 4) is 0 Å². The third-order valence-corrected chi connectivity index (χ3v) is 2.62. The van der Waals surface area contributed by atoms with Gasteiger partial charge in [-0.05, 0) is 0 Å². The first kappa shape index (κ1) is 10.9. The van der Waals surface area contributed by atoms with Crippen molar-refractivity contribution in [2.24, 2.45) is 0 Å². The molecule has 0 radical (unpaired) electrons. The minimum Gasteiger partial charge on any atom is -0.390 e. The molecule has 0 aromatic carbocycles. The topological polar surface area (TPSA) is 49.7 Å². The molecule has 0 fully saturated rings. The van der Waals surface area contributed by atoms with Gasteiger partial charge < -0.3 is 14.0 Å². The maximum Gasteiger partial charge on any atom is 0.495 e. The number of hydrogen-bond donors (Lipinski definition) is 2. The van der Waals surface area contributed by atoms with Crippen LogP contribution in [-0.4, -0.2) is 31.7 Å². The van der Waals surface area contributed by atoms with Crippen LogP contribution in [0.2, 0.25) is 6.04 Å². The van der Waals surface area contributed by atoms with Crippen LogP contribution in [0.25, 0.3) is 0 Å². The van der Waals surface area contributed by atoms with E-state index in [0.29, 0.717) is 0 Å². The van der Waals surface area contributed by atoms with Gasteiger partial charge in [0.2, 0.25) is 0 Å². The van der Waals surface area contributed by atoms with Crippen molar-refractivity contribution in [3.05, 3.63) is 0 Å². The molecule has 0 rings (SSSR count). The van der Waals surface area contributed by atoms with Crippen molar-refractivity contribution in [1.82, 2.24) is 0 Å². The van der Waals surface area contributed by atoms with E-state index in [2.05, 4.69) is 4.43 Å². The van der Waals surface area contributed by atoms with Crippen LogP contribution in [0.3, 0.4) is 0 Å². The Morgan fingerprint density at radius 3 is 2.09 bits per heavy atom. The van der Waals surface area contributed by atoms with E-state index in [9.17, 15) is 13.2 Å². The second kappa shape index (κ2) is 3.52. The molecule has 68 valence electrons. The van der Waals surface area contributed by atoms with E-state index in [1.807, 2.05) is 0 Å². The van der Waals surface area contributed by atoms with E-state index >= 15 is 0 Å². The predicted molar refractivity (Wildman–Crippen MR) is 32.7 cm³/mol. The molecular formula is C4H9F3O3Si. The van der Waals surface area contributed by atoms with Crippen molar-refractivity contribution in [2.45, 2.75) is 18.6 Å². The highest BCUT2D eigenvalue weighted by atomic mass is 28.4. The standard InChI is InChI=1S/C4H9F3O3Si/c1-10-11(8,9)3-2-4(5,6)7/h8-9H,2-3H2,1H3. The zero-order valence-corrected chi connectivity index (χ0v) is 6.85. The van der Waals surface area contributed by atoms with Crippen molar-refractivity contribution in [2.75, 3.05) is 7.11 Å². The molecule has 0 amide bonds. The summed E-state index contributed by atoms with van der Waals surface area (Å²) in [5.74, 6) is 0. The summed E-state index contributed by atoms with van der Waals surface area (Å²) in [5.41, 5.74) is 0. The lowest BCUT2D eigenvalue weighted by Gasteiger charge is -2.15. The first-order valence-corrected chi connectivity index (χ1v) is 4.84. The molecule has 0 saturated heterocycles. The van der Waals surface area contributed by atoms with Crippen LogP contribution < -0.4 is 0 Å². The summed E-state index contributed by atoms with van der Waals surface area (Å²) < 4.78 is 38.5. The Bertz CT molecular complexity index is 124. The predicted octanol–water partition coefficient (Wildman–Crippen LogP) is 0.509. The van der Waals surface area contributed by atoms with Crippen LogP contribution in [0.1, 0.15) is 6.42 Å². The van der Waals surface area contributed by atoms with Gasteiger partial charge in [-0.3, -0.25) is 0 Å². The first-order chi connectivity index (χ1) is 4.77. The molecule has 0 spiro atoms. The van der Waals surface area contributed by atoms with Crippen molar-refractivity contribution in [3.63, 3.8) is 0 Å². The van der Waals surface area contributed by atoms with Crippen LogP contribution >= 0.6 is 0 Å². The Morgan fingerprint density at radius 2 is 1.82 bits per heavy atom. The molecule has 3 nitrogen and oxygen atoms in total. The Morgan fingerprint density at radius 1 is 1.36 bits per heavy atom. The summed E-state index contributed by atoms with van der Waals surface area (Å²) in [6, 6.07) is -0.743. The molecule has 0 aromatic heterocycles. The average Bonchev–Trinajstić information content (AvgIpc) is 1.83. The monoisotopic (exact) mass is 190 g/mol. The lowest BCUT2D eigenvalue weighted by molar-refractivity contribution is -0.132. The first-order valence-electron chi connectivity index (χ1n) is 2.83. The Labute approximate surface area is 62.8 Å². The smallest absolute Gasteiger partial charge is 0.390 e. The van der Waals surface area contributed by atoms with Crippen molar-refractivity contribution >= 4 is 8.80 Å². The van der Waals surface area contributed by atoms with E-state index in [-0.39, 0.29) is 0 Å². The number of halogens is 3. The summed E-state index contributed by atoms with van der Waals surface area (Å²) in [6.07, 6.45) is -5.58. The second-order valence-corrected chi connectivity index (χ2v) is 4.46. The van der Waals surface area contributed by atoms with Crippen LogP contribution in [0, 0.1) is 0 Å². The Hall–Kier alpha value is -0.113. The van der Waals surface area contributed by atoms with E-state index in [4.69, 9.17) is 9.59 Å². The normalized spacial score (nSPS) is 13.6. The Kier molecular flexibility index (Phi) is 3.49.